The zero-order chi connectivity index (χ0) is 12.2. The monoisotopic (exact) mass is 225 g/mol. The Labute approximate surface area is 98.6 Å². The van der Waals surface area contributed by atoms with E-state index in [2.05, 4.69) is 44.0 Å². The van der Waals surface area contributed by atoms with Crippen LogP contribution in [0.5, 0.6) is 0 Å². The third-order valence-electron chi connectivity index (χ3n) is 2.91. The summed E-state index contributed by atoms with van der Waals surface area (Å²) >= 11 is 0. The summed E-state index contributed by atoms with van der Waals surface area (Å²) in [6.45, 7) is 11.6. The van der Waals surface area contributed by atoms with Gasteiger partial charge < -0.3 is 4.74 Å². The fraction of sp³-hybridized carbons (Fsp3) is 0.917. The summed E-state index contributed by atoms with van der Waals surface area (Å²) in [4.78, 5) is 2.33. The van der Waals surface area contributed by atoms with Gasteiger partial charge in [-0.1, -0.05) is 0 Å². The predicted molar refractivity (Wildman–Crippen MR) is 64.1 cm³/mol. The first-order chi connectivity index (χ1) is 7.45. The average Bonchev–Trinajstić information content (AvgIpc) is 2.19. The molecule has 0 aromatic heterocycles. The fourth-order valence-electron chi connectivity index (χ4n) is 1.98. The van der Waals surface area contributed by atoms with Crippen molar-refractivity contribution < 1.29 is 4.74 Å². The summed E-state index contributed by atoms with van der Waals surface area (Å²) in [5.41, 5.74) is 0.0337. The molecule has 0 saturated carbocycles. The second-order valence-electron chi connectivity index (χ2n) is 5.31. The lowest BCUT2D eigenvalue weighted by Crippen LogP contribution is -2.57. The van der Waals surface area contributed by atoms with E-state index in [1.54, 1.807) is 0 Å². The Morgan fingerprint density at radius 1 is 1.50 bits per heavy atom. The highest BCUT2D eigenvalue weighted by Crippen LogP contribution is 2.18. The lowest BCUT2D eigenvalue weighted by Gasteiger charge is -2.43. The van der Waals surface area contributed by atoms with Crippen LogP contribution in [0.1, 0.15) is 27.7 Å². The van der Waals surface area contributed by atoms with Gasteiger partial charge in [0.2, 0.25) is 0 Å². The van der Waals surface area contributed by atoms with Gasteiger partial charge in [0, 0.05) is 24.7 Å². The number of morpholine rings is 1. The van der Waals surface area contributed by atoms with E-state index in [0.717, 1.165) is 26.3 Å². The zero-order valence-electron chi connectivity index (χ0n) is 10.8. The molecule has 0 aromatic carbocycles. The first-order valence-electron chi connectivity index (χ1n) is 5.94. The molecular weight excluding hydrogens is 202 g/mol. The van der Waals surface area contributed by atoms with Crippen molar-refractivity contribution in [2.45, 2.75) is 45.3 Å². The van der Waals surface area contributed by atoms with Gasteiger partial charge >= 0.3 is 0 Å². The van der Waals surface area contributed by atoms with Gasteiger partial charge in [-0.15, -0.1) is 0 Å². The minimum absolute atomic E-state index is 0.0337. The largest absolute Gasteiger partial charge is 0.378 e. The zero-order valence-corrected chi connectivity index (χ0v) is 10.8. The molecule has 4 heteroatoms. The molecule has 1 aliphatic rings. The molecule has 92 valence electrons. The minimum Gasteiger partial charge on any atom is -0.378 e. The van der Waals surface area contributed by atoms with E-state index >= 15 is 0 Å². The van der Waals surface area contributed by atoms with E-state index in [4.69, 9.17) is 10.00 Å². The number of hydrogen-bond acceptors (Lipinski definition) is 4. The molecule has 0 radical (unpaired) electrons. The van der Waals surface area contributed by atoms with Gasteiger partial charge in [-0.3, -0.25) is 10.2 Å². The van der Waals surface area contributed by atoms with Gasteiger partial charge in [0.1, 0.15) is 6.04 Å². The van der Waals surface area contributed by atoms with Crippen LogP contribution in [-0.2, 0) is 4.74 Å². The normalized spacial score (nSPS) is 23.0. The summed E-state index contributed by atoms with van der Waals surface area (Å²) in [7, 11) is 0. The lowest BCUT2D eigenvalue weighted by molar-refractivity contribution is -0.0526. The number of ether oxygens (including phenoxy) is 1. The molecule has 1 atom stereocenters. The van der Waals surface area contributed by atoms with Crippen molar-refractivity contribution in [2.24, 2.45) is 0 Å². The first-order valence-corrected chi connectivity index (χ1v) is 5.94. The van der Waals surface area contributed by atoms with Gasteiger partial charge in [-0.05, 0) is 27.7 Å². The molecule has 1 N–H and O–H groups in total. The molecule has 0 bridgehead atoms. The number of hydrogen-bond donors (Lipinski definition) is 1. The first kappa shape index (κ1) is 13.4. The van der Waals surface area contributed by atoms with E-state index in [1.165, 1.54) is 0 Å². The molecule has 1 unspecified atom stereocenters. The Hall–Kier alpha value is -0.630. The third-order valence-corrected chi connectivity index (χ3v) is 2.91. The second-order valence-corrected chi connectivity index (χ2v) is 5.31. The maximum Gasteiger partial charge on any atom is 0.108 e. The van der Waals surface area contributed by atoms with Crippen molar-refractivity contribution in [2.75, 3.05) is 26.3 Å². The van der Waals surface area contributed by atoms with E-state index in [0.29, 0.717) is 6.04 Å². The summed E-state index contributed by atoms with van der Waals surface area (Å²) in [5, 5.41) is 12.4. The topological polar surface area (TPSA) is 48.3 Å². The Balaban J connectivity index is 2.53. The van der Waals surface area contributed by atoms with Crippen molar-refractivity contribution in [3.63, 3.8) is 0 Å². The number of nitriles is 1. The summed E-state index contributed by atoms with van der Waals surface area (Å²) < 4.78 is 5.47. The SMILES string of the molecule is CC(C)NC(C#N)CN1CCOCC1(C)C. The summed E-state index contributed by atoms with van der Waals surface area (Å²) in [6, 6.07) is 2.57. The van der Waals surface area contributed by atoms with Gasteiger partial charge in [0.15, 0.2) is 0 Å². The number of rotatable bonds is 4. The maximum atomic E-state index is 9.11. The molecule has 0 aliphatic carbocycles. The van der Waals surface area contributed by atoms with Gasteiger partial charge in [0.05, 0.1) is 19.3 Å². The molecule has 16 heavy (non-hydrogen) atoms. The van der Waals surface area contributed by atoms with Crippen molar-refractivity contribution in [1.82, 2.24) is 10.2 Å². The highest BCUT2D eigenvalue weighted by atomic mass is 16.5. The van der Waals surface area contributed by atoms with E-state index < -0.39 is 0 Å². The number of nitrogens with zero attached hydrogens (tertiary/aromatic N) is 2. The fourth-order valence-corrected chi connectivity index (χ4v) is 1.98. The maximum absolute atomic E-state index is 9.11. The molecule has 4 nitrogen and oxygen atoms in total. The van der Waals surface area contributed by atoms with Crippen molar-refractivity contribution in [1.29, 1.82) is 5.26 Å². The molecule has 1 heterocycles. The van der Waals surface area contributed by atoms with Crippen molar-refractivity contribution in [3.8, 4) is 6.07 Å². The molecule has 0 amide bonds. The lowest BCUT2D eigenvalue weighted by atomic mass is 10.0. The van der Waals surface area contributed by atoms with Crippen LogP contribution in [0.4, 0.5) is 0 Å². The highest BCUT2D eigenvalue weighted by molar-refractivity contribution is 4.96. The van der Waals surface area contributed by atoms with E-state index in [1.807, 2.05) is 0 Å². The number of nitrogens with one attached hydrogen (secondary N) is 1. The quantitative estimate of drug-likeness (QED) is 0.775. The molecule has 1 fully saturated rings. The Kier molecular flexibility index (Phi) is 4.72. The van der Waals surface area contributed by atoms with Gasteiger partial charge in [-0.25, -0.2) is 0 Å². The molecule has 0 aromatic rings. The highest BCUT2D eigenvalue weighted by Gasteiger charge is 2.31. The van der Waals surface area contributed by atoms with Crippen molar-refractivity contribution >= 4 is 0 Å². The van der Waals surface area contributed by atoms with Gasteiger partial charge in [0.25, 0.3) is 0 Å². The van der Waals surface area contributed by atoms with Gasteiger partial charge in [-0.2, -0.15) is 5.26 Å². The van der Waals surface area contributed by atoms with Crippen LogP contribution < -0.4 is 5.32 Å². The smallest absolute Gasteiger partial charge is 0.108 e. The summed E-state index contributed by atoms with van der Waals surface area (Å²) in [5.74, 6) is 0. The van der Waals surface area contributed by atoms with Crippen LogP contribution in [-0.4, -0.2) is 48.8 Å². The second kappa shape index (κ2) is 5.62. The van der Waals surface area contributed by atoms with Crippen LogP contribution in [0.25, 0.3) is 0 Å². The Morgan fingerprint density at radius 2 is 2.19 bits per heavy atom. The molecule has 1 aliphatic heterocycles. The molecule has 0 spiro atoms. The summed E-state index contributed by atoms with van der Waals surface area (Å²) in [6.07, 6.45) is 0. The van der Waals surface area contributed by atoms with E-state index in [-0.39, 0.29) is 11.6 Å². The van der Waals surface area contributed by atoms with E-state index in [9.17, 15) is 0 Å². The van der Waals surface area contributed by atoms with Crippen LogP contribution in [0.15, 0.2) is 0 Å². The molecular formula is C12H23N3O. The van der Waals surface area contributed by atoms with Crippen LogP contribution >= 0.6 is 0 Å². The predicted octanol–water partition coefficient (Wildman–Crippen LogP) is 0.987. The minimum atomic E-state index is -0.0997. The molecule has 1 rings (SSSR count). The molecule has 1 saturated heterocycles. The third kappa shape index (κ3) is 3.75. The van der Waals surface area contributed by atoms with Crippen LogP contribution in [0.3, 0.4) is 0 Å². The Bertz CT molecular complexity index is 257. The van der Waals surface area contributed by atoms with Crippen LogP contribution in [0, 0.1) is 11.3 Å². The average molecular weight is 225 g/mol. The van der Waals surface area contributed by atoms with Crippen molar-refractivity contribution in [3.05, 3.63) is 0 Å². The standard InChI is InChI=1S/C12H23N3O/c1-10(2)14-11(7-13)8-15-5-6-16-9-12(15,3)4/h10-11,14H,5-6,8-9H2,1-4H3. The Morgan fingerprint density at radius 3 is 2.69 bits per heavy atom. The van der Waals surface area contributed by atoms with Crippen LogP contribution in [0.2, 0.25) is 0 Å².